The summed E-state index contributed by atoms with van der Waals surface area (Å²) in [5.74, 6) is -0.122. The van der Waals surface area contributed by atoms with Gasteiger partial charge in [0.2, 0.25) is 0 Å². The van der Waals surface area contributed by atoms with E-state index in [1.165, 1.54) is 23.4 Å². The molecule has 0 saturated carbocycles. The molecule has 3 aromatic heterocycles. The molecular formula is C36H39FN8O3. The molecule has 48 heavy (non-hydrogen) atoms. The zero-order valence-electron chi connectivity index (χ0n) is 27.7. The van der Waals surface area contributed by atoms with Crippen molar-refractivity contribution in [3.05, 3.63) is 104 Å². The first-order valence-electron chi connectivity index (χ1n) is 16.1. The third kappa shape index (κ3) is 5.69. The number of likely N-dealkylation sites (N-methyl/N-ethyl adjacent to an activating group) is 1. The molecule has 5 aromatic rings. The van der Waals surface area contributed by atoms with Crippen molar-refractivity contribution in [2.75, 3.05) is 25.5 Å². The zero-order chi connectivity index (χ0) is 33.9. The molecule has 2 aliphatic rings. The second-order valence-electron chi connectivity index (χ2n) is 14.0. The number of aryl methyl sites for hydroxylation is 1. The van der Waals surface area contributed by atoms with Gasteiger partial charge in [-0.05, 0) is 60.3 Å². The van der Waals surface area contributed by atoms with Gasteiger partial charge in [0.1, 0.15) is 17.3 Å². The molecule has 0 amide bonds. The van der Waals surface area contributed by atoms with Crippen LogP contribution in [0, 0.1) is 5.82 Å². The molecule has 7 rings (SSSR count). The van der Waals surface area contributed by atoms with E-state index in [0.29, 0.717) is 40.1 Å². The van der Waals surface area contributed by atoms with Crippen LogP contribution in [0.25, 0.3) is 27.7 Å². The minimum Gasteiger partial charge on any atom is -0.392 e. The van der Waals surface area contributed by atoms with Gasteiger partial charge in [-0.1, -0.05) is 39.0 Å². The normalized spacial score (nSPS) is 18.2. The summed E-state index contributed by atoms with van der Waals surface area (Å²) in [6.07, 6.45) is 4.51. The zero-order valence-corrected chi connectivity index (χ0v) is 27.7. The molecule has 2 aliphatic heterocycles. The first kappa shape index (κ1) is 31.8. The molecule has 2 aromatic carbocycles. The van der Waals surface area contributed by atoms with Gasteiger partial charge in [0.25, 0.3) is 11.1 Å². The highest BCUT2D eigenvalue weighted by Crippen LogP contribution is 2.32. The monoisotopic (exact) mass is 650 g/mol. The number of nitrogens with zero attached hydrogens (tertiary/aromatic N) is 7. The van der Waals surface area contributed by atoms with Crippen LogP contribution < -0.4 is 16.4 Å². The number of pyridine rings is 1. The average Bonchev–Trinajstić information content (AvgIpc) is 3.62. The highest BCUT2D eigenvalue weighted by molar-refractivity contribution is 5.83. The van der Waals surface area contributed by atoms with E-state index in [-0.39, 0.29) is 27.7 Å². The predicted octanol–water partition coefficient (Wildman–Crippen LogP) is 4.10. The number of fused-ring (bicyclic) bond motifs is 3. The lowest BCUT2D eigenvalue weighted by Crippen LogP contribution is -2.43. The standard InChI is InChI=1S/C36H39FN8O3/c1-36(2,3)23-11-22-16-39-45(35(48)33(22)28(37)12-23)31-8-6-7-26(27(31)20-46)29-14-30(34(47)43(5)41-29)40-32-10-9-21(15-38-32)17-44-19-24-13-25(44)18-42(24)4/h6-12,14-16,24-25,46H,13,17-20H2,1-5H3,(H,38,40)/t24-,25+/m1/s1. The fourth-order valence-corrected chi connectivity index (χ4v) is 6.95. The van der Waals surface area contributed by atoms with Crippen molar-refractivity contribution < 1.29 is 9.50 Å². The van der Waals surface area contributed by atoms with Crippen molar-refractivity contribution in [3.8, 4) is 16.9 Å². The highest BCUT2D eigenvalue weighted by Gasteiger charge is 2.41. The third-order valence-corrected chi connectivity index (χ3v) is 9.68. The number of aromatic nitrogens is 5. The SMILES string of the molecule is CN1C[C@@H]2C[C@@H]1CN2Cc1ccc(Nc2cc(-c3cccc(-n4ncc5cc(C(C)(C)C)cc(F)c5c4=O)c3CO)nn(C)c2=O)nc1. The molecule has 2 fully saturated rings. The summed E-state index contributed by atoms with van der Waals surface area (Å²) in [6.45, 7) is 8.45. The molecule has 11 nitrogen and oxygen atoms in total. The quantitative estimate of drug-likeness (QED) is 0.268. The van der Waals surface area contributed by atoms with Crippen LogP contribution in [-0.2, 0) is 25.6 Å². The van der Waals surface area contributed by atoms with E-state index in [2.05, 4.69) is 37.3 Å². The molecule has 2 bridgehead atoms. The lowest BCUT2D eigenvalue weighted by Gasteiger charge is -2.31. The van der Waals surface area contributed by atoms with Gasteiger partial charge < -0.3 is 15.3 Å². The molecule has 0 spiro atoms. The topological polar surface area (TPSA) is 121 Å². The Kier molecular flexibility index (Phi) is 7.97. The first-order valence-corrected chi connectivity index (χ1v) is 16.1. The van der Waals surface area contributed by atoms with Gasteiger partial charge in [0.15, 0.2) is 0 Å². The Morgan fingerprint density at radius 1 is 1.00 bits per heavy atom. The number of aliphatic hydroxyl groups is 1. The smallest absolute Gasteiger partial charge is 0.290 e. The van der Waals surface area contributed by atoms with Gasteiger partial charge in [0.05, 0.1) is 29.6 Å². The number of piperazine rings is 1. The van der Waals surface area contributed by atoms with Crippen molar-refractivity contribution in [2.45, 2.75) is 57.8 Å². The molecule has 0 unspecified atom stereocenters. The van der Waals surface area contributed by atoms with Crippen molar-refractivity contribution in [2.24, 2.45) is 7.05 Å². The predicted molar refractivity (Wildman–Crippen MR) is 183 cm³/mol. The van der Waals surface area contributed by atoms with Crippen LogP contribution in [-0.4, -0.2) is 71.7 Å². The largest absolute Gasteiger partial charge is 0.392 e. The van der Waals surface area contributed by atoms with Crippen molar-refractivity contribution in [3.63, 3.8) is 0 Å². The maximum atomic E-state index is 15.4. The Balaban J connectivity index is 1.20. The van der Waals surface area contributed by atoms with E-state index in [1.54, 1.807) is 37.4 Å². The lowest BCUT2D eigenvalue weighted by atomic mass is 9.86. The van der Waals surface area contributed by atoms with Crippen molar-refractivity contribution >= 4 is 22.3 Å². The summed E-state index contributed by atoms with van der Waals surface area (Å²) in [4.78, 5) is 36.3. The van der Waals surface area contributed by atoms with Gasteiger partial charge in [-0.15, -0.1) is 0 Å². The number of rotatable bonds is 7. The average molecular weight is 651 g/mol. The second-order valence-corrected chi connectivity index (χ2v) is 14.0. The maximum absolute atomic E-state index is 15.4. The van der Waals surface area contributed by atoms with E-state index in [0.717, 1.165) is 35.4 Å². The number of hydrogen-bond acceptors (Lipinski definition) is 9. The van der Waals surface area contributed by atoms with Crippen molar-refractivity contribution in [1.29, 1.82) is 0 Å². The van der Waals surface area contributed by atoms with Crippen LogP contribution in [0.4, 0.5) is 15.9 Å². The maximum Gasteiger partial charge on any atom is 0.290 e. The Labute approximate surface area is 277 Å². The van der Waals surface area contributed by atoms with Crippen LogP contribution in [0.1, 0.15) is 43.9 Å². The number of likely N-dealkylation sites (tertiary alicyclic amines) is 2. The Hall–Kier alpha value is -4.78. The summed E-state index contributed by atoms with van der Waals surface area (Å²) < 4.78 is 17.7. The Morgan fingerprint density at radius 2 is 1.81 bits per heavy atom. The number of hydrogen-bond donors (Lipinski definition) is 2. The number of nitrogens with one attached hydrogen (secondary N) is 1. The summed E-state index contributed by atoms with van der Waals surface area (Å²) >= 11 is 0. The molecule has 5 heterocycles. The van der Waals surface area contributed by atoms with Gasteiger partial charge in [-0.2, -0.15) is 14.9 Å². The van der Waals surface area contributed by atoms with Gasteiger partial charge in [-0.25, -0.2) is 14.1 Å². The number of benzene rings is 2. The van der Waals surface area contributed by atoms with E-state index in [9.17, 15) is 14.7 Å². The number of aliphatic hydroxyl groups excluding tert-OH is 1. The van der Waals surface area contributed by atoms with Crippen molar-refractivity contribution in [1.82, 2.24) is 34.3 Å². The van der Waals surface area contributed by atoms with E-state index in [4.69, 9.17) is 0 Å². The molecule has 248 valence electrons. The van der Waals surface area contributed by atoms with E-state index < -0.39 is 18.0 Å². The van der Waals surface area contributed by atoms with Gasteiger partial charge >= 0.3 is 0 Å². The minimum absolute atomic E-state index is 0.0854. The number of anilines is 2. The summed E-state index contributed by atoms with van der Waals surface area (Å²) in [7, 11) is 3.73. The minimum atomic E-state index is -0.646. The first-order chi connectivity index (χ1) is 22.9. The van der Waals surface area contributed by atoms with Gasteiger partial charge in [-0.3, -0.25) is 14.5 Å². The molecule has 0 radical (unpaired) electrons. The van der Waals surface area contributed by atoms with Gasteiger partial charge in [0, 0.05) is 61.5 Å². The van der Waals surface area contributed by atoms with E-state index >= 15 is 4.39 Å². The summed E-state index contributed by atoms with van der Waals surface area (Å²) in [6, 6.07) is 14.9. The molecule has 2 atom stereocenters. The lowest BCUT2D eigenvalue weighted by molar-refractivity contribution is 0.143. The van der Waals surface area contributed by atoms with Crippen LogP contribution in [0.2, 0.25) is 0 Å². The molecule has 12 heteroatoms. The third-order valence-electron chi connectivity index (χ3n) is 9.68. The second kappa shape index (κ2) is 12.0. The Bertz CT molecular complexity index is 2150. The molecule has 2 N–H and O–H groups in total. The van der Waals surface area contributed by atoms with Crippen LogP contribution in [0.15, 0.2) is 70.5 Å². The Morgan fingerprint density at radius 3 is 2.48 bits per heavy atom. The fraction of sp³-hybridized carbons (Fsp3) is 0.361. The molecule has 2 saturated heterocycles. The van der Waals surface area contributed by atoms with Crippen LogP contribution in [0.5, 0.6) is 0 Å². The number of halogens is 1. The highest BCUT2D eigenvalue weighted by atomic mass is 19.1. The fourth-order valence-electron chi connectivity index (χ4n) is 6.95. The van der Waals surface area contributed by atoms with Crippen LogP contribution in [0.3, 0.4) is 0 Å². The van der Waals surface area contributed by atoms with Crippen LogP contribution >= 0.6 is 0 Å². The van der Waals surface area contributed by atoms with E-state index in [1.807, 2.05) is 39.1 Å². The molecule has 0 aliphatic carbocycles. The summed E-state index contributed by atoms with van der Waals surface area (Å²) in [5, 5.41) is 22.8. The summed E-state index contributed by atoms with van der Waals surface area (Å²) in [5.41, 5.74) is 2.27. The molecular weight excluding hydrogens is 611 g/mol.